The van der Waals surface area contributed by atoms with E-state index in [1.807, 2.05) is 55.5 Å². The van der Waals surface area contributed by atoms with Gasteiger partial charge in [0.25, 0.3) is 5.91 Å². The van der Waals surface area contributed by atoms with Crippen LogP contribution in [0.2, 0.25) is 15.1 Å². The van der Waals surface area contributed by atoms with Crippen LogP contribution in [0, 0.1) is 6.92 Å². The molecule has 0 spiro atoms. The summed E-state index contributed by atoms with van der Waals surface area (Å²) in [7, 11) is 0. The third kappa shape index (κ3) is 4.06. The standard InChI is InChI=1S/C23H14BrCl3N2O/c1-12-21(23(30)29-20-11-17(26)16(25)10-18(20)27)15-9-14(24)7-8-19(15)28-22(12)13-5-3-2-4-6-13/h2-11H,1H3,(H,29,30). The first-order valence-electron chi connectivity index (χ1n) is 8.96. The number of nitrogens with zero attached hydrogens (tertiary/aromatic N) is 1. The van der Waals surface area contributed by atoms with Gasteiger partial charge < -0.3 is 5.32 Å². The van der Waals surface area contributed by atoms with Crippen LogP contribution < -0.4 is 5.32 Å². The van der Waals surface area contributed by atoms with Gasteiger partial charge in [0, 0.05) is 15.4 Å². The predicted octanol–water partition coefficient (Wildman–Crippen LogP) is 8.19. The van der Waals surface area contributed by atoms with E-state index in [0.29, 0.717) is 31.8 Å². The Bertz CT molecular complexity index is 1290. The molecule has 1 aromatic heterocycles. The lowest BCUT2D eigenvalue weighted by Gasteiger charge is -2.16. The van der Waals surface area contributed by atoms with Crippen LogP contribution in [0.3, 0.4) is 0 Å². The minimum atomic E-state index is -0.310. The Morgan fingerprint density at radius 1 is 0.933 bits per heavy atom. The molecule has 0 radical (unpaired) electrons. The van der Waals surface area contributed by atoms with Gasteiger partial charge in [0.15, 0.2) is 0 Å². The average molecular weight is 521 g/mol. The highest BCUT2D eigenvalue weighted by molar-refractivity contribution is 9.10. The number of hydrogen-bond donors (Lipinski definition) is 1. The summed E-state index contributed by atoms with van der Waals surface area (Å²) in [5.74, 6) is -0.310. The highest BCUT2D eigenvalue weighted by Crippen LogP contribution is 2.35. The zero-order valence-electron chi connectivity index (χ0n) is 15.6. The Labute approximate surface area is 197 Å². The van der Waals surface area contributed by atoms with Gasteiger partial charge in [0.2, 0.25) is 0 Å². The molecule has 0 aliphatic rings. The Balaban J connectivity index is 1.90. The lowest BCUT2D eigenvalue weighted by Crippen LogP contribution is -2.15. The van der Waals surface area contributed by atoms with Crippen LogP contribution in [0.1, 0.15) is 15.9 Å². The van der Waals surface area contributed by atoms with Crippen molar-refractivity contribution in [3.63, 3.8) is 0 Å². The zero-order chi connectivity index (χ0) is 21.4. The third-order valence-electron chi connectivity index (χ3n) is 4.72. The van der Waals surface area contributed by atoms with Crippen LogP contribution in [-0.2, 0) is 0 Å². The van der Waals surface area contributed by atoms with Gasteiger partial charge in [0.05, 0.1) is 37.5 Å². The zero-order valence-corrected chi connectivity index (χ0v) is 19.5. The van der Waals surface area contributed by atoms with Crippen molar-refractivity contribution < 1.29 is 4.79 Å². The van der Waals surface area contributed by atoms with Crippen molar-refractivity contribution in [3.8, 4) is 11.3 Å². The number of nitrogens with one attached hydrogen (secondary N) is 1. The SMILES string of the molecule is Cc1c(-c2ccccc2)nc2ccc(Br)cc2c1C(=O)Nc1cc(Cl)c(Cl)cc1Cl. The molecule has 3 nitrogen and oxygen atoms in total. The third-order valence-corrected chi connectivity index (χ3v) is 6.25. The first-order chi connectivity index (χ1) is 14.3. The molecule has 0 atom stereocenters. The molecule has 4 rings (SSSR count). The monoisotopic (exact) mass is 518 g/mol. The Morgan fingerprint density at radius 2 is 1.63 bits per heavy atom. The second kappa shape index (κ2) is 8.56. The maximum atomic E-state index is 13.4. The molecule has 1 amide bonds. The number of amides is 1. The molecular formula is C23H14BrCl3N2O. The Morgan fingerprint density at radius 3 is 2.37 bits per heavy atom. The van der Waals surface area contributed by atoms with E-state index in [1.165, 1.54) is 12.1 Å². The van der Waals surface area contributed by atoms with E-state index in [4.69, 9.17) is 39.8 Å². The van der Waals surface area contributed by atoms with Crippen LogP contribution >= 0.6 is 50.7 Å². The van der Waals surface area contributed by atoms with Crippen LogP contribution in [0.15, 0.2) is 65.1 Å². The molecule has 3 aromatic carbocycles. The number of anilines is 1. The maximum Gasteiger partial charge on any atom is 0.256 e. The lowest BCUT2D eigenvalue weighted by atomic mass is 9.97. The molecule has 0 aliphatic carbocycles. The molecule has 1 heterocycles. The van der Waals surface area contributed by atoms with Gasteiger partial charge in [-0.2, -0.15) is 0 Å². The topological polar surface area (TPSA) is 42.0 Å². The normalized spacial score (nSPS) is 11.0. The number of hydrogen-bond acceptors (Lipinski definition) is 2. The summed E-state index contributed by atoms with van der Waals surface area (Å²) in [6, 6.07) is 18.5. The van der Waals surface area contributed by atoms with E-state index in [-0.39, 0.29) is 5.91 Å². The molecule has 4 aromatic rings. The van der Waals surface area contributed by atoms with Crippen LogP contribution in [0.25, 0.3) is 22.2 Å². The van der Waals surface area contributed by atoms with Crippen molar-refractivity contribution >= 4 is 73.2 Å². The number of carbonyl (C=O) groups is 1. The number of halogens is 4. The molecule has 30 heavy (non-hydrogen) atoms. The molecule has 7 heteroatoms. The van der Waals surface area contributed by atoms with Gasteiger partial charge >= 0.3 is 0 Å². The number of benzene rings is 3. The molecule has 1 N–H and O–H groups in total. The fourth-order valence-corrected chi connectivity index (χ4v) is 4.26. The minimum absolute atomic E-state index is 0.304. The largest absolute Gasteiger partial charge is 0.321 e. The van der Waals surface area contributed by atoms with Gasteiger partial charge in [0.1, 0.15) is 0 Å². The summed E-state index contributed by atoms with van der Waals surface area (Å²) >= 11 is 21.9. The summed E-state index contributed by atoms with van der Waals surface area (Å²) in [6.07, 6.45) is 0. The maximum absolute atomic E-state index is 13.4. The first-order valence-corrected chi connectivity index (χ1v) is 10.9. The van der Waals surface area contributed by atoms with Crippen LogP contribution in [0.4, 0.5) is 5.69 Å². The number of rotatable bonds is 3. The molecule has 0 bridgehead atoms. The molecule has 150 valence electrons. The number of carbonyl (C=O) groups excluding carboxylic acids is 1. The summed E-state index contributed by atoms with van der Waals surface area (Å²) < 4.78 is 0.852. The minimum Gasteiger partial charge on any atom is -0.321 e. The number of fused-ring (bicyclic) bond motifs is 1. The fourth-order valence-electron chi connectivity index (χ4n) is 3.30. The van der Waals surface area contributed by atoms with Gasteiger partial charge in [-0.3, -0.25) is 4.79 Å². The first kappa shape index (κ1) is 21.1. The molecule has 0 aliphatic heterocycles. The van der Waals surface area contributed by atoms with Crippen molar-refractivity contribution in [2.45, 2.75) is 6.92 Å². The van der Waals surface area contributed by atoms with Gasteiger partial charge in [-0.15, -0.1) is 0 Å². The van der Waals surface area contributed by atoms with Gasteiger partial charge in [-0.1, -0.05) is 81.1 Å². The van der Waals surface area contributed by atoms with E-state index in [2.05, 4.69) is 21.2 Å². The second-order valence-electron chi connectivity index (χ2n) is 6.69. The Hall–Kier alpha value is -2.11. The highest BCUT2D eigenvalue weighted by atomic mass is 79.9. The highest BCUT2D eigenvalue weighted by Gasteiger charge is 2.20. The van der Waals surface area contributed by atoms with Crippen molar-refractivity contribution in [2.75, 3.05) is 5.32 Å². The van der Waals surface area contributed by atoms with Crippen molar-refractivity contribution in [1.82, 2.24) is 4.98 Å². The lowest BCUT2D eigenvalue weighted by molar-refractivity contribution is 0.102. The van der Waals surface area contributed by atoms with E-state index in [1.54, 1.807) is 0 Å². The molecular weight excluding hydrogens is 507 g/mol. The predicted molar refractivity (Wildman–Crippen MR) is 129 cm³/mol. The summed E-state index contributed by atoms with van der Waals surface area (Å²) in [4.78, 5) is 18.2. The van der Waals surface area contributed by atoms with E-state index < -0.39 is 0 Å². The van der Waals surface area contributed by atoms with Crippen molar-refractivity contribution in [2.24, 2.45) is 0 Å². The summed E-state index contributed by atoms with van der Waals surface area (Å²) in [6.45, 7) is 1.89. The molecule has 0 unspecified atom stereocenters. The van der Waals surface area contributed by atoms with Crippen molar-refractivity contribution in [3.05, 3.63) is 91.3 Å². The summed E-state index contributed by atoms with van der Waals surface area (Å²) in [5, 5.41) is 4.53. The molecule has 0 saturated heterocycles. The average Bonchev–Trinajstić information content (AvgIpc) is 2.72. The number of aromatic nitrogens is 1. The fraction of sp³-hybridized carbons (Fsp3) is 0.0435. The Kier molecular flexibility index (Phi) is 6.03. The van der Waals surface area contributed by atoms with Crippen LogP contribution in [0.5, 0.6) is 0 Å². The quantitative estimate of drug-likeness (QED) is 0.277. The van der Waals surface area contributed by atoms with E-state index in [9.17, 15) is 4.79 Å². The van der Waals surface area contributed by atoms with Gasteiger partial charge in [-0.25, -0.2) is 4.98 Å². The molecule has 0 saturated carbocycles. The van der Waals surface area contributed by atoms with Crippen molar-refractivity contribution in [1.29, 1.82) is 0 Å². The van der Waals surface area contributed by atoms with E-state index >= 15 is 0 Å². The second-order valence-corrected chi connectivity index (χ2v) is 8.83. The number of pyridine rings is 1. The molecule has 0 fully saturated rings. The van der Waals surface area contributed by atoms with Gasteiger partial charge in [-0.05, 0) is 42.8 Å². The van der Waals surface area contributed by atoms with E-state index in [0.717, 1.165) is 26.7 Å². The van der Waals surface area contributed by atoms with Crippen LogP contribution in [-0.4, -0.2) is 10.9 Å². The summed E-state index contributed by atoms with van der Waals surface area (Å²) in [5.41, 5.74) is 4.06. The smallest absolute Gasteiger partial charge is 0.256 e.